The highest BCUT2D eigenvalue weighted by Crippen LogP contribution is 2.31. The van der Waals surface area contributed by atoms with E-state index in [1.165, 1.54) is 5.56 Å². The van der Waals surface area contributed by atoms with Crippen molar-refractivity contribution in [2.45, 2.75) is 12.6 Å². The van der Waals surface area contributed by atoms with Crippen LogP contribution in [-0.4, -0.2) is 49.5 Å². The van der Waals surface area contributed by atoms with Gasteiger partial charge in [0.1, 0.15) is 5.82 Å². The van der Waals surface area contributed by atoms with E-state index in [-0.39, 0.29) is 12.6 Å². The number of piperazine rings is 1. The molecule has 7 nitrogen and oxygen atoms in total. The normalized spacial score (nSPS) is 19.1. The van der Waals surface area contributed by atoms with E-state index in [1.54, 1.807) is 18.3 Å². The predicted octanol–water partition coefficient (Wildman–Crippen LogP) is 1.89. The van der Waals surface area contributed by atoms with Gasteiger partial charge >= 0.3 is 10.4 Å². The zero-order valence-corrected chi connectivity index (χ0v) is 14.8. The van der Waals surface area contributed by atoms with Gasteiger partial charge in [-0.1, -0.05) is 36.4 Å². The molecule has 134 valence electrons. The molecule has 8 heteroatoms. The molecule has 2 aromatic rings. The van der Waals surface area contributed by atoms with E-state index in [2.05, 4.69) is 38.1 Å². The molecular weight excluding hydrogens is 342 g/mol. The first-order valence-electron chi connectivity index (χ1n) is 8.00. The molecule has 2 heterocycles. The van der Waals surface area contributed by atoms with Crippen LogP contribution in [0.1, 0.15) is 17.2 Å². The topological polar surface area (TPSA) is 83.0 Å². The fourth-order valence-corrected chi connectivity index (χ4v) is 3.35. The molecule has 1 aromatic heterocycles. The first kappa shape index (κ1) is 17.8. The molecular formula is C17H21N3O4S. The summed E-state index contributed by atoms with van der Waals surface area (Å²) in [6, 6.07) is 13.7. The predicted molar refractivity (Wildman–Crippen MR) is 94.6 cm³/mol. The van der Waals surface area contributed by atoms with E-state index in [1.807, 2.05) is 18.2 Å². The van der Waals surface area contributed by atoms with Crippen molar-refractivity contribution in [3.05, 3.63) is 59.8 Å². The lowest BCUT2D eigenvalue weighted by Gasteiger charge is -2.41. The Balaban J connectivity index is 1.93. The van der Waals surface area contributed by atoms with E-state index in [0.29, 0.717) is 11.4 Å². The Morgan fingerprint density at radius 3 is 2.68 bits per heavy atom. The molecule has 0 amide bonds. The van der Waals surface area contributed by atoms with Crippen molar-refractivity contribution in [2.24, 2.45) is 0 Å². The Kier molecular flexibility index (Phi) is 5.33. The second-order valence-electron chi connectivity index (χ2n) is 6.06. The molecule has 0 aliphatic carbocycles. The summed E-state index contributed by atoms with van der Waals surface area (Å²) in [6.45, 7) is 2.21. The molecule has 25 heavy (non-hydrogen) atoms. The zero-order valence-electron chi connectivity index (χ0n) is 13.9. The van der Waals surface area contributed by atoms with E-state index in [9.17, 15) is 8.42 Å². The highest BCUT2D eigenvalue weighted by molar-refractivity contribution is 7.80. The summed E-state index contributed by atoms with van der Waals surface area (Å²) in [6.07, 6.45) is 1.67. The third-order valence-corrected chi connectivity index (χ3v) is 4.69. The van der Waals surface area contributed by atoms with Gasteiger partial charge in [-0.3, -0.25) is 4.55 Å². The Morgan fingerprint density at radius 1 is 1.20 bits per heavy atom. The standard InChI is InChI=1S/C17H21N3O4S/c1-19-10-11-20(16(12-19)14-6-3-2-4-7-14)17-15(8-5-9-18-17)13-24-25(21,22)23/h2-9,16H,10-13H2,1H3,(H,21,22,23). The molecule has 0 saturated carbocycles. The number of nitrogens with zero attached hydrogens (tertiary/aromatic N) is 3. The maximum atomic E-state index is 10.9. The van der Waals surface area contributed by atoms with Crippen molar-refractivity contribution in [2.75, 3.05) is 31.6 Å². The van der Waals surface area contributed by atoms with Crippen LogP contribution in [0.15, 0.2) is 48.7 Å². The number of benzene rings is 1. The van der Waals surface area contributed by atoms with Crippen LogP contribution in [0.3, 0.4) is 0 Å². The van der Waals surface area contributed by atoms with Crippen LogP contribution < -0.4 is 4.90 Å². The number of hydrogen-bond donors (Lipinski definition) is 1. The molecule has 1 aliphatic heterocycles. The fourth-order valence-electron chi connectivity index (χ4n) is 3.07. The summed E-state index contributed by atoms with van der Waals surface area (Å²) in [4.78, 5) is 8.87. The van der Waals surface area contributed by atoms with Gasteiger partial charge in [0.2, 0.25) is 0 Å². The molecule has 0 bridgehead atoms. The van der Waals surface area contributed by atoms with E-state index < -0.39 is 10.4 Å². The molecule has 1 unspecified atom stereocenters. The van der Waals surface area contributed by atoms with Gasteiger partial charge in [0.05, 0.1) is 12.6 Å². The quantitative estimate of drug-likeness (QED) is 0.812. The minimum absolute atomic E-state index is 0.0966. The van der Waals surface area contributed by atoms with Gasteiger partial charge in [0.15, 0.2) is 0 Å². The van der Waals surface area contributed by atoms with Crippen LogP contribution in [0.25, 0.3) is 0 Å². The van der Waals surface area contributed by atoms with Gasteiger partial charge in [-0.2, -0.15) is 8.42 Å². The van der Waals surface area contributed by atoms with Crippen LogP contribution in [0.2, 0.25) is 0 Å². The summed E-state index contributed by atoms with van der Waals surface area (Å²) in [5.41, 5.74) is 1.78. The van der Waals surface area contributed by atoms with Crippen molar-refractivity contribution in [3.8, 4) is 0 Å². The van der Waals surface area contributed by atoms with Crippen molar-refractivity contribution < 1.29 is 17.2 Å². The third kappa shape index (κ3) is 4.55. The third-order valence-electron chi connectivity index (χ3n) is 4.27. The van der Waals surface area contributed by atoms with Crippen molar-refractivity contribution in [1.82, 2.24) is 9.88 Å². The van der Waals surface area contributed by atoms with Crippen molar-refractivity contribution in [3.63, 3.8) is 0 Å². The smallest absolute Gasteiger partial charge is 0.347 e. The molecule has 0 radical (unpaired) electrons. The number of rotatable bonds is 5. The van der Waals surface area contributed by atoms with Crippen LogP contribution in [0.5, 0.6) is 0 Å². The number of anilines is 1. The lowest BCUT2D eigenvalue weighted by Crippen LogP contribution is -2.47. The highest BCUT2D eigenvalue weighted by atomic mass is 32.3. The number of aromatic nitrogens is 1. The molecule has 1 saturated heterocycles. The average Bonchev–Trinajstić information content (AvgIpc) is 2.60. The zero-order chi connectivity index (χ0) is 17.9. The summed E-state index contributed by atoms with van der Waals surface area (Å²) in [5, 5.41) is 0. The minimum atomic E-state index is -4.50. The number of hydrogen-bond acceptors (Lipinski definition) is 6. The largest absolute Gasteiger partial charge is 0.397 e. The second kappa shape index (κ2) is 7.49. The van der Waals surface area contributed by atoms with Gasteiger partial charge in [-0.25, -0.2) is 9.17 Å². The van der Waals surface area contributed by atoms with Crippen LogP contribution in [0, 0.1) is 0 Å². The van der Waals surface area contributed by atoms with Gasteiger partial charge in [-0.15, -0.1) is 0 Å². The molecule has 1 N–H and O–H groups in total. The Labute approximate surface area is 147 Å². The second-order valence-corrected chi connectivity index (χ2v) is 7.15. The molecule has 3 rings (SSSR count). The minimum Gasteiger partial charge on any atom is -0.347 e. The van der Waals surface area contributed by atoms with E-state index >= 15 is 0 Å². The SMILES string of the molecule is CN1CCN(c2ncccc2COS(=O)(=O)O)C(c2ccccc2)C1. The Hall–Kier alpha value is -2.00. The molecule has 1 fully saturated rings. The molecule has 1 atom stereocenters. The maximum absolute atomic E-state index is 10.9. The lowest BCUT2D eigenvalue weighted by atomic mass is 10.0. The van der Waals surface area contributed by atoms with E-state index in [0.717, 1.165) is 19.6 Å². The van der Waals surface area contributed by atoms with Gasteiger partial charge in [0.25, 0.3) is 0 Å². The summed E-state index contributed by atoms with van der Waals surface area (Å²) in [7, 11) is -2.42. The lowest BCUT2D eigenvalue weighted by molar-refractivity contribution is 0.254. The van der Waals surface area contributed by atoms with Gasteiger partial charge < -0.3 is 9.80 Å². The van der Waals surface area contributed by atoms with Crippen LogP contribution in [-0.2, 0) is 21.2 Å². The Bertz CT molecular complexity index is 814. The van der Waals surface area contributed by atoms with Crippen molar-refractivity contribution in [1.29, 1.82) is 0 Å². The average molecular weight is 363 g/mol. The van der Waals surface area contributed by atoms with Crippen LogP contribution >= 0.6 is 0 Å². The molecule has 0 spiro atoms. The first-order valence-corrected chi connectivity index (χ1v) is 9.36. The van der Waals surface area contributed by atoms with Crippen molar-refractivity contribution >= 4 is 16.2 Å². The summed E-state index contributed by atoms with van der Waals surface area (Å²) < 4.78 is 35.2. The monoisotopic (exact) mass is 363 g/mol. The summed E-state index contributed by atoms with van der Waals surface area (Å²) in [5.74, 6) is 0.674. The number of likely N-dealkylation sites (N-methyl/N-ethyl adjacent to an activating group) is 1. The van der Waals surface area contributed by atoms with Crippen LogP contribution in [0.4, 0.5) is 5.82 Å². The molecule has 1 aliphatic rings. The fraction of sp³-hybridized carbons (Fsp3) is 0.353. The molecule has 1 aromatic carbocycles. The van der Waals surface area contributed by atoms with Gasteiger partial charge in [0, 0.05) is 31.4 Å². The highest BCUT2D eigenvalue weighted by Gasteiger charge is 2.29. The van der Waals surface area contributed by atoms with E-state index in [4.69, 9.17) is 4.55 Å². The maximum Gasteiger partial charge on any atom is 0.397 e. The van der Waals surface area contributed by atoms with Gasteiger partial charge in [-0.05, 0) is 18.7 Å². The first-order chi connectivity index (χ1) is 11.9. The number of pyridine rings is 1. The Morgan fingerprint density at radius 2 is 1.96 bits per heavy atom. The summed E-state index contributed by atoms with van der Waals surface area (Å²) >= 11 is 0.